The molecular formula is C10H7NO4. The van der Waals surface area contributed by atoms with Crippen LogP contribution in [0.5, 0.6) is 5.75 Å². The van der Waals surface area contributed by atoms with Gasteiger partial charge in [0.2, 0.25) is 5.89 Å². The second-order valence-corrected chi connectivity index (χ2v) is 2.89. The number of aromatic hydroxyl groups is 1. The van der Waals surface area contributed by atoms with Crippen LogP contribution in [-0.2, 0) is 0 Å². The zero-order chi connectivity index (χ0) is 10.8. The van der Waals surface area contributed by atoms with Crippen LogP contribution in [-0.4, -0.2) is 21.2 Å². The fraction of sp³-hybridized carbons (Fsp3) is 0. The fourth-order valence-electron chi connectivity index (χ4n) is 1.11. The molecule has 1 aromatic heterocycles. The van der Waals surface area contributed by atoms with Crippen molar-refractivity contribution in [3.63, 3.8) is 0 Å². The third-order valence-corrected chi connectivity index (χ3v) is 1.84. The van der Waals surface area contributed by atoms with Crippen molar-refractivity contribution >= 4 is 5.97 Å². The molecule has 0 saturated carbocycles. The Morgan fingerprint density at radius 2 is 1.93 bits per heavy atom. The molecule has 5 heteroatoms. The number of carboxylic acid groups (broad SMARTS) is 1. The summed E-state index contributed by atoms with van der Waals surface area (Å²) in [6.07, 6.45) is 1.07. The summed E-state index contributed by atoms with van der Waals surface area (Å²) in [5, 5.41) is 17.7. The van der Waals surface area contributed by atoms with Gasteiger partial charge in [-0.15, -0.1) is 0 Å². The standard InChI is InChI=1S/C10H7NO4/c12-7-3-1-6(2-4-7)9-11-8(5-15-9)10(13)14/h1-5,12H,(H,13,14). The number of carboxylic acids is 1. The van der Waals surface area contributed by atoms with Gasteiger partial charge in [-0.1, -0.05) is 0 Å². The van der Waals surface area contributed by atoms with E-state index in [1.807, 2.05) is 0 Å². The van der Waals surface area contributed by atoms with E-state index in [4.69, 9.17) is 14.6 Å². The molecular weight excluding hydrogens is 198 g/mol. The van der Waals surface area contributed by atoms with E-state index < -0.39 is 5.97 Å². The molecule has 1 aromatic carbocycles. The van der Waals surface area contributed by atoms with Gasteiger partial charge in [0.05, 0.1) is 0 Å². The van der Waals surface area contributed by atoms with Crippen molar-refractivity contribution in [2.45, 2.75) is 0 Å². The van der Waals surface area contributed by atoms with Crippen LogP contribution in [0.2, 0.25) is 0 Å². The van der Waals surface area contributed by atoms with Gasteiger partial charge in [0, 0.05) is 5.56 Å². The highest BCUT2D eigenvalue weighted by molar-refractivity contribution is 5.85. The average molecular weight is 205 g/mol. The third kappa shape index (κ3) is 1.80. The summed E-state index contributed by atoms with van der Waals surface area (Å²) in [4.78, 5) is 14.3. The monoisotopic (exact) mass is 205 g/mol. The lowest BCUT2D eigenvalue weighted by molar-refractivity contribution is 0.0690. The molecule has 15 heavy (non-hydrogen) atoms. The lowest BCUT2D eigenvalue weighted by atomic mass is 10.2. The lowest BCUT2D eigenvalue weighted by Gasteiger charge is -1.94. The quantitative estimate of drug-likeness (QED) is 0.780. The van der Waals surface area contributed by atoms with Crippen LogP contribution in [0.1, 0.15) is 10.5 Å². The molecule has 2 aromatic rings. The van der Waals surface area contributed by atoms with E-state index in [-0.39, 0.29) is 17.3 Å². The molecule has 0 radical (unpaired) electrons. The van der Waals surface area contributed by atoms with E-state index in [2.05, 4.69) is 4.98 Å². The number of phenolic OH excluding ortho intramolecular Hbond substituents is 1. The van der Waals surface area contributed by atoms with Crippen LogP contribution in [0, 0.1) is 0 Å². The van der Waals surface area contributed by atoms with Gasteiger partial charge in [0.25, 0.3) is 0 Å². The number of rotatable bonds is 2. The molecule has 76 valence electrons. The summed E-state index contributed by atoms with van der Waals surface area (Å²) < 4.78 is 4.98. The minimum absolute atomic E-state index is 0.128. The second kappa shape index (κ2) is 3.45. The molecule has 2 N–H and O–H groups in total. The Labute approximate surface area is 84.6 Å². The predicted octanol–water partition coefficient (Wildman–Crippen LogP) is 1.75. The van der Waals surface area contributed by atoms with Crippen LogP contribution in [0.3, 0.4) is 0 Å². The summed E-state index contributed by atoms with van der Waals surface area (Å²) in [5.74, 6) is -0.792. The number of aromatic nitrogens is 1. The smallest absolute Gasteiger partial charge is 0.357 e. The van der Waals surface area contributed by atoms with Gasteiger partial charge < -0.3 is 14.6 Å². The van der Waals surface area contributed by atoms with Crippen molar-refractivity contribution in [1.29, 1.82) is 0 Å². The van der Waals surface area contributed by atoms with Crippen LogP contribution in [0.4, 0.5) is 0 Å². The molecule has 0 aliphatic rings. The van der Waals surface area contributed by atoms with Gasteiger partial charge >= 0.3 is 5.97 Å². The van der Waals surface area contributed by atoms with Gasteiger partial charge in [-0.2, -0.15) is 0 Å². The van der Waals surface area contributed by atoms with Crippen LogP contribution < -0.4 is 0 Å². The maximum absolute atomic E-state index is 10.5. The first-order valence-corrected chi connectivity index (χ1v) is 4.15. The van der Waals surface area contributed by atoms with Crippen LogP contribution in [0.15, 0.2) is 34.9 Å². The number of hydrogen-bond donors (Lipinski definition) is 2. The van der Waals surface area contributed by atoms with Crippen molar-refractivity contribution in [3.8, 4) is 17.2 Å². The molecule has 5 nitrogen and oxygen atoms in total. The second-order valence-electron chi connectivity index (χ2n) is 2.89. The van der Waals surface area contributed by atoms with Gasteiger partial charge in [-0.05, 0) is 24.3 Å². The first kappa shape index (κ1) is 9.26. The maximum atomic E-state index is 10.5. The Morgan fingerprint density at radius 3 is 2.47 bits per heavy atom. The predicted molar refractivity (Wildman–Crippen MR) is 50.6 cm³/mol. The van der Waals surface area contributed by atoms with E-state index in [1.54, 1.807) is 12.1 Å². The highest BCUT2D eigenvalue weighted by Gasteiger charge is 2.11. The Hall–Kier alpha value is -2.30. The SMILES string of the molecule is O=C(O)c1coc(-c2ccc(O)cc2)n1. The minimum atomic E-state index is -1.14. The summed E-state index contributed by atoms with van der Waals surface area (Å²) in [5.41, 5.74) is 0.471. The maximum Gasteiger partial charge on any atom is 0.357 e. The Morgan fingerprint density at radius 1 is 1.27 bits per heavy atom. The number of carbonyl (C=O) groups is 1. The third-order valence-electron chi connectivity index (χ3n) is 1.84. The van der Waals surface area contributed by atoms with E-state index in [0.29, 0.717) is 5.56 Å². The molecule has 0 amide bonds. The molecule has 0 saturated heterocycles. The van der Waals surface area contributed by atoms with Crippen molar-refractivity contribution in [2.24, 2.45) is 0 Å². The topological polar surface area (TPSA) is 83.6 Å². The van der Waals surface area contributed by atoms with Gasteiger partial charge in [-0.3, -0.25) is 0 Å². The largest absolute Gasteiger partial charge is 0.508 e. The summed E-state index contributed by atoms with van der Waals surface area (Å²) in [6.45, 7) is 0. The highest BCUT2D eigenvalue weighted by Crippen LogP contribution is 2.20. The molecule has 0 atom stereocenters. The van der Waals surface area contributed by atoms with Gasteiger partial charge in [0.1, 0.15) is 12.0 Å². The normalized spacial score (nSPS) is 10.1. The number of benzene rings is 1. The van der Waals surface area contributed by atoms with Crippen LogP contribution in [0.25, 0.3) is 11.5 Å². The van der Waals surface area contributed by atoms with E-state index in [1.165, 1.54) is 12.1 Å². The minimum Gasteiger partial charge on any atom is -0.508 e. The first-order valence-electron chi connectivity index (χ1n) is 4.15. The van der Waals surface area contributed by atoms with E-state index >= 15 is 0 Å². The number of phenols is 1. The Kier molecular flexibility index (Phi) is 2.13. The first-order chi connectivity index (χ1) is 7.16. The van der Waals surface area contributed by atoms with E-state index in [9.17, 15) is 4.79 Å². The fourth-order valence-corrected chi connectivity index (χ4v) is 1.11. The molecule has 0 fully saturated rings. The molecule has 1 heterocycles. The molecule has 0 bridgehead atoms. The summed E-state index contributed by atoms with van der Waals surface area (Å²) in [6, 6.07) is 6.12. The van der Waals surface area contributed by atoms with Crippen LogP contribution >= 0.6 is 0 Å². The molecule has 0 spiro atoms. The van der Waals surface area contributed by atoms with Crippen molar-refractivity contribution < 1.29 is 19.4 Å². The average Bonchev–Trinajstić information content (AvgIpc) is 2.68. The number of oxazole rings is 1. The Bertz CT molecular complexity index is 486. The number of hydrogen-bond acceptors (Lipinski definition) is 4. The highest BCUT2D eigenvalue weighted by atomic mass is 16.4. The van der Waals surface area contributed by atoms with Gasteiger partial charge in [-0.25, -0.2) is 9.78 Å². The van der Waals surface area contributed by atoms with Gasteiger partial charge in [0.15, 0.2) is 5.69 Å². The number of nitrogens with zero attached hydrogens (tertiary/aromatic N) is 1. The zero-order valence-electron chi connectivity index (χ0n) is 7.54. The molecule has 0 aliphatic carbocycles. The van der Waals surface area contributed by atoms with E-state index in [0.717, 1.165) is 6.26 Å². The van der Waals surface area contributed by atoms with Crippen molar-refractivity contribution in [3.05, 3.63) is 36.2 Å². The van der Waals surface area contributed by atoms with Crippen molar-refractivity contribution in [1.82, 2.24) is 4.98 Å². The zero-order valence-corrected chi connectivity index (χ0v) is 7.54. The lowest BCUT2D eigenvalue weighted by Crippen LogP contribution is -1.95. The Balaban J connectivity index is 2.37. The van der Waals surface area contributed by atoms with Crippen molar-refractivity contribution in [2.75, 3.05) is 0 Å². The summed E-state index contributed by atoms with van der Waals surface area (Å²) in [7, 11) is 0. The molecule has 0 unspecified atom stereocenters. The molecule has 2 rings (SSSR count). The number of aromatic carboxylic acids is 1. The molecule has 0 aliphatic heterocycles. The summed E-state index contributed by atoms with van der Waals surface area (Å²) >= 11 is 0.